The number of rotatable bonds is 9. The molecule has 4 aromatic rings. The Kier molecular flexibility index (Phi) is 6.84. The first-order valence-electron chi connectivity index (χ1n) is 10.5. The van der Waals surface area contributed by atoms with Crippen LogP contribution >= 0.6 is 0 Å². The minimum Gasteiger partial charge on any atom is -0.497 e. The lowest BCUT2D eigenvalue weighted by atomic mass is 10.2. The van der Waals surface area contributed by atoms with Crippen LogP contribution in [0.2, 0.25) is 0 Å². The number of nitrogens with one attached hydrogen (secondary N) is 2. The second-order valence-corrected chi connectivity index (χ2v) is 7.25. The molecule has 3 aromatic carbocycles. The van der Waals surface area contributed by atoms with Crippen molar-refractivity contribution in [2.24, 2.45) is 0 Å². The Morgan fingerprint density at radius 1 is 0.818 bits per heavy atom. The van der Waals surface area contributed by atoms with Crippen molar-refractivity contribution in [1.29, 1.82) is 0 Å². The predicted octanol–water partition coefficient (Wildman–Crippen LogP) is 4.21. The van der Waals surface area contributed by atoms with Crippen LogP contribution < -0.4 is 20.1 Å². The molecule has 0 saturated heterocycles. The van der Waals surface area contributed by atoms with Crippen molar-refractivity contribution in [3.63, 3.8) is 0 Å². The third-order valence-electron chi connectivity index (χ3n) is 4.99. The fourth-order valence-corrected chi connectivity index (χ4v) is 3.27. The Labute approximate surface area is 192 Å². The Bertz CT molecular complexity index is 1220. The molecule has 0 amide bonds. The van der Waals surface area contributed by atoms with Gasteiger partial charge in [-0.25, -0.2) is 0 Å². The molecule has 0 radical (unpaired) electrons. The van der Waals surface area contributed by atoms with Crippen LogP contribution in [-0.4, -0.2) is 34.9 Å². The second-order valence-electron chi connectivity index (χ2n) is 7.25. The van der Waals surface area contributed by atoms with E-state index in [0.717, 1.165) is 22.6 Å². The van der Waals surface area contributed by atoms with Crippen LogP contribution in [0, 0.1) is 0 Å². The zero-order valence-corrected chi connectivity index (χ0v) is 18.5. The van der Waals surface area contributed by atoms with Crippen molar-refractivity contribution < 1.29 is 14.3 Å². The summed E-state index contributed by atoms with van der Waals surface area (Å²) in [4.78, 5) is 17.6. The highest BCUT2D eigenvalue weighted by Gasteiger charge is 2.18. The standard InChI is InChI=1S/C25H25N5O3/c1-32-21-12-6-8-18(14-21)16-26-24-28-25(27-17-19-9-7-13-22(15-19)33-2)30(29-24)23(31)20-10-4-3-5-11-20/h3-15H,16-17H2,1-2H3,(H2,26,27,28,29). The van der Waals surface area contributed by atoms with Gasteiger partial charge in [-0.05, 0) is 47.5 Å². The molecule has 4 rings (SSSR count). The number of carbonyl (C=O) groups excluding carboxylic acids is 1. The van der Waals surface area contributed by atoms with Gasteiger partial charge in [0.2, 0.25) is 11.9 Å². The molecule has 2 N–H and O–H groups in total. The van der Waals surface area contributed by atoms with E-state index in [2.05, 4.69) is 20.7 Å². The highest BCUT2D eigenvalue weighted by Crippen LogP contribution is 2.18. The molecule has 33 heavy (non-hydrogen) atoms. The third-order valence-corrected chi connectivity index (χ3v) is 4.99. The molecule has 0 atom stereocenters. The summed E-state index contributed by atoms with van der Waals surface area (Å²) in [6.07, 6.45) is 0. The predicted molar refractivity (Wildman–Crippen MR) is 127 cm³/mol. The maximum atomic E-state index is 13.1. The normalized spacial score (nSPS) is 10.5. The minimum absolute atomic E-state index is 0.273. The zero-order chi connectivity index (χ0) is 23.0. The molecular formula is C25H25N5O3. The van der Waals surface area contributed by atoms with E-state index in [1.54, 1.807) is 26.4 Å². The number of methoxy groups -OCH3 is 2. The fraction of sp³-hybridized carbons (Fsp3) is 0.160. The van der Waals surface area contributed by atoms with E-state index in [9.17, 15) is 4.79 Å². The number of hydrogen-bond donors (Lipinski definition) is 2. The molecular weight excluding hydrogens is 418 g/mol. The van der Waals surface area contributed by atoms with Crippen LogP contribution in [0.25, 0.3) is 0 Å². The highest BCUT2D eigenvalue weighted by molar-refractivity contribution is 5.96. The van der Waals surface area contributed by atoms with E-state index in [4.69, 9.17) is 9.47 Å². The molecule has 0 spiro atoms. The number of nitrogens with zero attached hydrogens (tertiary/aromatic N) is 3. The molecule has 1 heterocycles. The Morgan fingerprint density at radius 2 is 1.42 bits per heavy atom. The monoisotopic (exact) mass is 443 g/mol. The number of ether oxygens (including phenoxy) is 2. The second kappa shape index (κ2) is 10.3. The lowest BCUT2D eigenvalue weighted by Crippen LogP contribution is -2.17. The zero-order valence-electron chi connectivity index (χ0n) is 18.5. The van der Waals surface area contributed by atoms with Gasteiger partial charge in [0.05, 0.1) is 14.2 Å². The van der Waals surface area contributed by atoms with E-state index >= 15 is 0 Å². The van der Waals surface area contributed by atoms with Crippen LogP contribution in [-0.2, 0) is 13.1 Å². The van der Waals surface area contributed by atoms with Crippen molar-refractivity contribution >= 4 is 17.8 Å². The van der Waals surface area contributed by atoms with Gasteiger partial charge >= 0.3 is 0 Å². The lowest BCUT2D eigenvalue weighted by molar-refractivity contribution is 0.0947. The smallest absolute Gasteiger partial charge is 0.281 e. The Balaban J connectivity index is 1.56. The first-order chi connectivity index (χ1) is 16.2. The molecule has 8 heteroatoms. The van der Waals surface area contributed by atoms with Crippen molar-refractivity contribution in [1.82, 2.24) is 14.8 Å². The average Bonchev–Trinajstić information content (AvgIpc) is 3.29. The molecule has 0 fully saturated rings. The first kappa shape index (κ1) is 21.9. The SMILES string of the molecule is COc1cccc(CNc2nc(NCc3cccc(OC)c3)n(C(=O)c3ccccc3)n2)c1. The van der Waals surface area contributed by atoms with Crippen molar-refractivity contribution in [2.45, 2.75) is 13.1 Å². The van der Waals surface area contributed by atoms with Gasteiger partial charge in [-0.1, -0.05) is 42.5 Å². The fourth-order valence-electron chi connectivity index (χ4n) is 3.27. The van der Waals surface area contributed by atoms with Crippen LogP contribution in [0.4, 0.5) is 11.9 Å². The van der Waals surface area contributed by atoms with E-state index in [1.807, 2.05) is 66.7 Å². The van der Waals surface area contributed by atoms with Crippen LogP contribution in [0.1, 0.15) is 21.5 Å². The lowest BCUT2D eigenvalue weighted by Gasteiger charge is -2.08. The maximum absolute atomic E-state index is 13.1. The molecule has 0 unspecified atom stereocenters. The summed E-state index contributed by atoms with van der Waals surface area (Å²) in [5.74, 6) is 1.95. The third kappa shape index (κ3) is 5.48. The van der Waals surface area contributed by atoms with Crippen LogP contribution in [0.15, 0.2) is 78.9 Å². The summed E-state index contributed by atoms with van der Waals surface area (Å²) in [5.41, 5.74) is 2.51. The molecule has 168 valence electrons. The summed E-state index contributed by atoms with van der Waals surface area (Å²) in [6, 6.07) is 24.4. The van der Waals surface area contributed by atoms with Gasteiger partial charge in [-0.2, -0.15) is 9.67 Å². The van der Waals surface area contributed by atoms with Gasteiger partial charge < -0.3 is 20.1 Å². The summed E-state index contributed by atoms with van der Waals surface area (Å²) in [7, 11) is 3.26. The van der Waals surface area contributed by atoms with E-state index < -0.39 is 0 Å². The largest absolute Gasteiger partial charge is 0.497 e. The van der Waals surface area contributed by atoms with Gasteiger partial charge in [0.25, 0.3) is 5.91 Å². The van der Waals surface area contributed by atoms with Crippen LogP contribution in [0.3, 0.4) is 0 Å². The van der Waals surface area contributed by atoms with Gasteiger partial charge in [0.1, 0.15) is 11.5 Å². The number of benzene rings is 3. The van der Waals surface area contributed by atoms with Crippen molar-refractivity contribution in [2.75, 3.05) is 24.9 Å². The van der Waals surface area contributed by atoms with Gasteiger partial charge in [-0.15, -0.1) is 5.10 Å². The van der Waals surface area contributed by atoms with Crippen LogP contribution in [0.5, 0.6) is 11.5 Å². The summed E-state index contributed by atoms with van der Waals surface area (Å²) in [6.45, 7) is 0.934. The molecule has 0 aliphatic carbocycles. The molecule has 0 aliphatic rings. The molecule has 0 bridgehead atoms. The summed E-state index contributed by atoms with van der Waals surface area (Å²) < 4.78 is 11.8. The van der Waals surface area contributed by atoms with Gasteiger partial charge in [0, 0.05) is 18.7 Å². The highest BCUT2D eigenvalue weighted by atomic mass is 16.5. The maximum Gasteiger partial charge on any atom is 0.281 e. The molecule has 1 aromatic heterocycles. The Morgan fingerprint density at radius 3 is 2.03 bits per heavy atom. The average molecular weight is 444 g/mol. The number of anilines is 2. The van der Waals surface area contributed by atoms with E-state index in [-0.39, 0.29) is 5.91 Å². The van der Waals surface area contributed by atoms with Gasteiger partial charge in [0.15, 0.2) is 0 Å². The Hall–Kier alpha value is -4.33. The quantitative estimate of drug-likeness (QED) is 0.400. The van der Waals surface area contributed by atoms with Crippen molar-refractivity contribution in [3.05, 3.63) is 95.6 Å². The van der Waals surface area contributed by atoms with E-state index in [1.165, 1.54) is 4.68 Å². The number of hydrogen-bond acceptors (Lipinski definition) is 7. The first-order valence-corrected chi connectivity index (χ1v) is 10.5. The molecule has 8 nitrogen and oxygen atoms in total. The number of aromatic nitrogens is 3. The van der Waals surface area contributed by atoms with Gasteiger partial charge in [-0.3, -0.25) is 4.79 Å². The molecule has 0 aliphatic heterocycles. The summed E-state index contributed by atoms with van der Waals surface area (Å²) in [5, 5.41) is 10.8. The number of carbonyl (C=O) groups is 1. The summed E-state index contributed by atoms with van der Waals surface area (Å²) >= 11 is 0. The topological polar surface area (TPSA) is 90.3 Å². The van der Waals surface area contributed by atoms with E-state index in [0.29, 0.717) is 30.5 Å². The minimum atomic E-state index is -0.273. The van der Waals surface area contributed by atoms with Crippen molar-refractivity contribution in [3.8, 4) is 11.5 Å². The molecule has 0 saturated carbocycles.